The van der Waals surface area contributed by atoms with Gasteiger partial charge in [-0.1, -0.05) is 0 Å². The lowest BCUT2D eigenvalue weighted by Gasteiger charge is -2.13. The molecule has 0 fully saturated rings. The highest BCUT2D eigenvalue weighted by Crippen LogP contribution is 2.16. The topological polar surface area (TPSA) is 68.5 Å². The fourth-order valence-corrected chi connectivity index (χ4v) is 1.72. The van der Waals surface area contributed by atoms with Crippen LogP contribution in [0, 0.1) is 13.8 Å². The fraction of sp³-hybridized carbons (Fsp3) is 0.455. The molecule has 0 aliphatic carbocycles. The van der Waals surface area contributed by atoms with Crippen molar-refractivity contribution in [2.75, 3.05) is 6.61 Å². The number of hydrogen-bond acceptors (Lipinski definition) is 3. The number of nitrogens with zero attached hydrogens (tertiary/aromatic N) is 1. The number of hydrogen-bond donors (Lipinski definition) is 1. The lowest BCUT2D eigenvalue weighted by molar-refractivity contribution is -0.325. The molecule has 1 heterocycles. The first-order valence-corrected chi connectivity index (χ1v) is 5.28. The summed E-state index contributed by atoms with van der Waals surface area (Å²) in [5, 5.41) is 8.89. The zero-order valence-corrected chi connectivity index (χ0v) is 10.2. The Balaban J connectivity index is 3.05. The highest BCUT2D eigenvalue weighted by Gasteiger charge is 2.29. The van der Waals surface area contributed by atoms with Gasteiger partial charge in [0.25, 0.3) is 5.56 Å². The van der Waals surface area contributed by atoms with E-state index in [0.717, 1.165) is 4.57 Å². The van der Waals surface area contributed by atoms with E-state index in [1.165, 1.54) is 19.9 Å². The summed E-state index contributed by atoms with van der Waals surface area (Å²) in [6.07, 6.45) is -4.78. The Kier molecular flexibility index (Phi) is 4.35. The minimum Gasteiger partial charge on any atom is -0.477 e. The molecule has 0 aliphatic rings. The molecule has 0 aromatic carbocycles. The maximum atomic E-state index is 11.9. The van der Waals surface area contributed by atoms with Crippen molar-refractivity contribution in [2.45, 2.75) is 26.8 Å². The number of rotatable bonds is 4. The summed E-state index contributed by atoms with van der Waals surface area (Å²) < 4.78 is 40.0. The Bertz CT molecular complexity index is 548. The van der Waals surface area contributed by atoms with Gasteiger partial charge in [-0.2, -0.15) is 0 Å². The molecule has 8 heteroatoms. The van der Waals surface area contributed by atoms with Crippen LogP contribution in [0.15, 0.2) is 10.9 Å². The lowest BCUT2D eigenvalue weighted by atomic mass is 10.1. The summed E-state index contributed by atoms with van der Waals surface area (Å²) >= 11 is 0. The third-order valence-corrected chi connectivity index (χ3v) is 2.50. The fourth-order valence-electron chi connectivity index (χ4n) is 1.72. The van der Waals surface area contributed by atoms with Gasteiger partial charge in [-0.3, -0.25) is 9.53 Å². The van der Waals surface area contributed by atoms with Gasteiger partial charge in [-0.05, 0) is 25.5 Å². The van der Waals surface area contributed by atoms with E-state index in [-0.39, 0.29) is 12.1 Å². The highest BCUT2D eigenvalue weighted by molar-refractivity contribution is 5.88. The van der Waals surface area contributed by atoms with Gasteiger partial charge in [0, 0.05) is 12.2 Å². The molecule has 1 aromatic heterocycles. The zero-order chi connectivity index (χ0) is 14.8. The van der Waals surface area contributed by atoms with Crippen molar-refractivity contribution >= 4 is 5.97 Å². The van der Waals surface area contributed by atoms with Gasteiger partial charge in [0.05, 0.1) is 6.61 Å². The maximum absolute atomic E-state index is 11.9. The third-order valence-electron chi connectivity index (χ3n) is 2.50. The number of halogens is 3. The molecule has 5 nitrogen and oxygen atoms in total. The average molecular weight is 279 g/mol. The SMILES string of the molecule is Cc1cc(C)n(CCOC(F)(F)F)c(=O)c1C(=O)O. The highest BCUT2D eigenvalue weighted by atomic mass is 19.4. The summed E-state index contributed by atoms with van der Waals surface area (Å²) in [7, 11) is 0. The third kappa shape index (κ3) is 3.82. The first-order chi connectivity index (χ1) is 8.63. The van der Waals surface area contributed by atoms with Crippen LogP contribution in [0.25, 0.3) is 0 Å². The van der Waals surface area contributed by atoms with E-state index in [0.29, 0.717) is 5.69 Å². The van der Waals surface area contributed by atoms with Crippen LogP contribution in [0.5, 0.6) is 0 Å². The Morgan fingerprint density at radius 3 is 2.47 bits per heavy atom. The molecule has 1 N–H and O–H groups in total. The number of aromatic nitrogens is 1. The van der Waals surface area contributed by atoms with Gasteiger partial charge in [-0.25, -0.2) is 4.79 Å². The van der Waals surface area contributed by atoms with Crippen molar-refractivity contribution in [1.82, 2.24) is 4.57 Å². The summed E-state index contributed by atoms with van der Waals surface area (Å²) in [5.74, 6) is -1.41. The molecule has 1 rings (SSSR count). The molecular weight excluding hydrogens is 267 g/mol. The monoisotopic (exact) mass is 279 g/mol. The van der Waals surface area contributed by atoms with E-state index in [1.807, 2.05) is 0 Å². The first kappa shape index (κ1) is 15.2. The number of carbonyl (C=O) groups is 1. The van der Waals surface area contributed by atoms with Crippen LogP contribution in [0.1, 0.15) is 21.6 Å². The largest absolute Gasteiger partial charge is 0.522 e. The first-order valence-electron chi connectivity index (χ1n) is 5.28. The lowest BCUT2D eigenvalue weighted by Crippen LogP contribution is -2.31. The van der Waals surface area contributed by atoms with Crippen molar-refractivity contribution in [1.29, 1.82) is 0 Å². The van der Waals surface area contributed by atoms with Gasteiger partial charge in [0.2, 0.25) is 0 Å². The van der Waals surface area contributed by atoms with Crippen LogP contribution in [-0.2, 0) is 11.3 Å². The molecule has 0 radical (unpaired) electrons. The van der Waals surface area contributed by atoms with Crippen molar-refractivity contribution in [3.63, 3.8) is 0 Å². The van der Waals surface area contributed by atoms with Crippen molar-refractivity contribution in [3.05, 3.63) is 33.2 Å². The van der Waals surface area contributed by atoms with Crippen molar-refractivity contribution in [3.8, 4) is 0 Å². The summed E-state index contributed by atoms with van der Waals surface area (Å²) in [4.78, 5) is 22.8. The summed E-state index contributed by atoms with van der Waals surface area (Å²) in [5.41, 5.74) is -0.644. The van der Waals surface area contributed by atoms with Crippen molar-refractivity contribution in [2.24, 2.45) is 0 Å². The predicted octanol–water partition coefficient (Wildman–Crippen LogP) is 1.70. The van der Waals surface area contributed by atoms with Crippen LogP contribution in [0.3, 0.4) is 0 Å². The second kappa shape index (κ2) is 5.43. The van der Waals surface area contributed by atoms with Gasteiger partial charge in [0.15, 0.2) is 0 Å². The smallest absolute Gasteiger partial charge is 0.477 e. The number of alkyl halides is 3. The van der Waals surface area contributed by atoms with E-state index in [9.17, 15) is 22.8 Å². The van der Waals surface area contributed by atoms with E-state index >= 15 is 0 Å². The predicted molar refractivity (Wildman–Crippen MR) is 59.1 cm³/mol. The van der Waals surface area contributed by atoms with Gasteiger partial charge >= 0.3 is 12.3 Å². The number of ether oxygens (including phenoxy) is 1. The summed E-state index contributed by atoms with van der Waals surface area (Å²) in [6.45, 7) is 1.83. The Hall–Kier alpha value is -1.83. The van der Waals surface area contributed by atoms with Crippen LogP contribution < -0.4 is 5.56 Å². The Labute approximate surface area is 106 Å². The van der Waals surface area contributed by atoms with Crippen LogP contribution in [0.2, 0.25) is 0 Å². The minimum atomic E-state index is -4.78. The molecule has 1 aromatic rings. The molecule has 0 saturated heterocycles. The van der Waals surface area contributed by atoms with E-state index in [1.54, 1.807) is 0 Å². The second-order valence-corrected chi connectivity index (χ2v) is 3.90. The molecule has 19 heavy (non-hydrogen) atoms. The van der Waals surface area contributed by atoms with Gasteiger partial charge in [0.1, 0.15) is 5.56 Å². The molecule has 0 amide bonds. The number of pyridine rings is 1. The Morgan fingerprint density at radius 2 is 2.00 bits per heavy atom. The van der Waals surface area contributed by atoms with Gasteiger partial charge < -0.3 is 9.67 Å². The number of aryl methyl sites for hydroxylation is 2. The average Bonchev–Trinajstić information content (AvgIpc) is 2.20. The number of aromatic carboxylic acids is 1. The molecule has 0 bridgehead atoms. The molecule has 106 valence electrons. The quantitative estimate of drug-likeness (QED) is 0.910. The minimum absolute atomic E-state index is 0.267. The normalized spacial score (nSPS) is 11.6. The molecule has 0 atom stereocenters. The molecule has 0 saturated carbocycles. The second-order valence-electron chi connectivity index (χ2n) is 3.90. The van der Waals surface area contributed by atoms with E-state index < -0.39 is 30.1 Å². The summed E-state index contributed by atoms with van der Waals surface area (Å²) in [6, 6.07) is 1.43. The molecule has 0 aliphatic heterocycles. The molecule has 0 spiro atoms. The van der Waals surface area contributed by atoms with E-state index in [2.05, 4.69) is 4.74 Å². The molecular formula is C11H12F3NO4. The number of carboxylic acid groups (broad SMARTS) is 1. The van der Waals surface area contributed by atoms with Gasteiger partial charge in [-0.15, -0.1) is 13.2 Å². The standard InChI is InChI=1S/C11H12F3NO4/c1-6-5-7(2)15(3-4-19-11(12,13)14)9(16)8(6)10(17)18/h5H,3-4H2,1-2H3,(H,17,18). The van der Waals surface area contributed by atoms with Crippen molar-refractivity contribution < 1.29 is 27.8 Å². The van der Waals surface area contributed by atoms with Crippen LogP contribution >= 0.6 is 0 Å². The van der Waals surface area contributed by atoms with Crippen LogP contribution in [0.4, 0.5) is 13.2 Å². The zero-order valence-electron chi connectivity index (χ0n) is 10.2. The Morgan fingerprint density at radius 1 is 1.42 bits per heavy atom. The molecule has 0 unspecified atom stereocenters. The van der Waals surface area contributed by atoms with Crippen LogP contribution in [-0.4, -0.2) is 28.6 Å². The maximum Gasteiger partial charge on any atom is 0.522 e. The van der Waals surface area contributed by atoms with E-state index in [4.69, 9.17) is 5.11 Å². The number of carboxylic acids is 1.